The summed E-state index contributed by atoms with van der Waals surface area (Å²) in [5, 5.41) is 14.4. The van der Waals surface area contributed by atoms with E-state index in [1.807, 2.05) is 4.90 Å². The Morgan fingerprint density at radius 2 is 2.05 bits per heavy atom. The van der Waals surface area contributed by atoms with Crippen molar-refractivity contribution in [3.63, 3.8) is 0 Å². The van der Waals surface area contributed by atoms with Crippen molar-refractivity contribution in [1.82, 2.24) is 10.2 Å². The summed E-state index contributed by atoms with van der Waals surface area (Å²) in [7, 11) is 0. The third-order valence-corrected chi connectivity index (χ3v) is 5.12. The first kappa shape index (κ1) is 15.0. The summed E-state index contributed by atoms with van der Waals surface area (Å²) in [5.41, 5.74) is 1.18. The number of piperidine rings is 1. The molecule has 0 aromatic heterocycles. The molecule has 6 nitrogen and oxygen atoms in total. The average Bonchev–Trinajstić information content (AvgIpc) is 2.91. The highest BCUT2D eigenvalue weighted by atomic mass is 16.6. The van der Waals surface area contributed by atoms with Gasteiger partial charge in [0.25, 0.3) is 11.6 Å². The lowest BCUT2D eigenvalue weighted by Crippen LogP contribution is -2.39. The molecule has 0 bridgehead atoms. The molecule has 1 N–H and O–H groups in total. The van der Waals surface area contributed by atoms with Gasteiger partial charge in [0, 0.05) is 30.3 Å². The van der Waals surface area contributed by atoms with E-state index in [2.05, 4.69) is 5.32 Å². The zero-order chi connectivity index (χ0) is 15.7. The van der Waals surface area contributed by atoms with Gasteiger partial charge in [-0.2, -0.15) is 0 Å². The molecule has 3 rings (SSSR count). The fourth-order valence-electron chi connectivity index (χ4n) is 3.70. The summed E-state index contributed by atoms with van der Waals surface area (Å²) in [6, 6.07) is 4.73. The molecule has 0 saturated carbocycles. The number of nitrogens with one attached hydrogen (secondary N) is 1. The van der Waals surface area contributed by atoms with Gasteiger partial charge < -0.3 is 10.2 Å². The highest BCUT2D eigenvalue weighted by Gasteiger charge is 2.41. The van der Waals surface area contributed by atoms with Gasteiger partial charge in [-0.1, -0.05) is 6.07 Å². The first-order valence-electron chi connectivity index (χ1n) is 7.76. The molecular formula is C16H21N3O3. The first-order chi connectivity index (χ1) is 10.5. The van der Waals surface area contributed by atoms with Crippen LogP contribution in [0.1, 0.15) is 35.2 Å². The second-order valence-corrected chi connectivity index (χ2v) is 6.43. The van der Waals surface area contributed by atoms with Gasteiger partial charge in [-0.3, -0.25) is 14.9 Å². The molecule has 0 radical (unpaired) electrons. The number of amides is 1. The van der Waals surface area contributed by atoms with Crippen molar-refractivity contribution < 1.29 is 9.72 Å². The minimum Gasteiger partial charge on any atom is -0.338 e. The van der Waals surface area contributed by atoms with Crippen LogP contribution in [0.4, 0.5) is 5.69 Å². The summed E-state index contributed by atoms with van der Waals surface area (Å²) in [4.78, 5) is 25.2. The molecule has 6 heteroatoms. The molecule has 1 spiro atoms. The molecule has 1 aromatic carbocycles. The predicted molar refractivity (Wildman–Crippen MR) is 82.9 cm³/mol. The predicted octanol–water partition coefficient (Wildman–Crippen LogP) is 2.12. The van der Waals surface area contributed by atoms with Crippen LogP contribution in [-0.4, -0.2) is 41.9 Å². The second kappa shape index (κ2) is 5.68. The number of nitro groups is 1. The van der Waals surface area contributed by atoms with Gasteiger partial charge in [-0.25, -0.2) is 0 Å². The van der Waals surface area contributed by atoms with E-state index in [-0.39, 0.29) is 17.0 Å². The van der Waals surface area contributed by atoms with E-state index in [0.29, 0.717) is 11.1 Å². The molecule has 0 aliphatic carbocycles. The van der Waals surface area contributed by atoms with Crippen molar-refractivity contribution >= 4 is 11.6 Å². The van der Waals surface area contributed by atoms with Gasteiger partial charge in [0.15, 0.2) is 0 Å². The number of hydrogen-bond donors (Lipinski definition) is 1. The maximum absolute atomic E-state index is 12.8. The highest BCUT2D eigenvalue weighted by molar-refractivity contribution is 5.96. The third kappa shape index (κ3) is 2.59. The normalized spacial score (nSPS) is 20.3. The molecule has 118 valence electrons. The summed E-state index contributed by atoms with van der Waals surface area (Å²) < 4.78 is 0. The Labute approximate surface area is 129 Å². The van der Waals surface area contributed by atoms with Crippen LogP contribution in [0.3, 0.4) is 0 Å². The van der Waals surface area contributed by atoms with Crippen molar-refractivity contribution in [2.24, 2.45) is 5.41 Å². The van der Waals surface area contributed by atoms with E-state index in [1.54, 1.807) is 19.1 Å². The maximum atomic E-state index is 12.8. The molecule has 1 aromatic rings. The van der Waals surface area contributed by atoms with E-state index in [0.717, 1.165) is 45.4 Å². The van der Waals surface area contributed by atoms with Crippen LogP contribution in [0.2, 0.25) is 0 Å². The standard InChI is InChI=1S/C16H21N3O3/c1-12-13(3-2-4-14(12)19(21)22)15(20)18-10-7-16(11-18)5-8-17-9-6-16/h2-4,17H,5-11H2,1H3. The zero-order valence-electron chi connectivity index (χ0n) is 12.8. The lowest BCUT2D eigenvalue weighted by Gasteiger charge is -2.33. The summed E-state index contributed by atoms with van der Waals surface area (Å²) in [5.74, 6) is -0.0726. The number of likely N-dealkylation sites (tertiary alicyclic amines) is 1. The van der Waals surface area contributed by atoms with Crippen LogP contribution in [0, 0.1) is 22.5 Å². The fraction of sp³-hybridized carbons (Fsp3) is 0.562. The quantitative estimate of drug-likeness (QED) is 0.671. The number of nitrogens with zero attached hydrogens (tertiary/aromatic N) is 2. The van der Waals surface area contributed by atoms with Crippen LogP contribution in [0.5, 0.6) is 0 Å². The van der Waals surface area contributed by atoms with Gasteiger partial charge in [-0.05, 0) is 50.8 Å². The maximum Gasteiger partial charge on any atom is 0.273 e. The number of carbonyl (C=O) groups excluding carboxylic acids is 1. The van der Waals surface area contributed by atoms with E-state index in [9.17, 15) is 14.9 Å². The topological polar surface area (TPSA) is 75.5 Å². The van der Waals surface area contributed by atoms with Crippen molar-refractivity contribution in [1.29, 1.82) is 0 Å². The molecule has 2 saturated heterocycles. The fourth-order valence-corrected chi connectivity index (χ4v) is 3.70. The summed E-state index contributed by atoms with van der Waals surface area (Å²) in [6.07, 6.45) is 3.24. The third-order valence-electron chi connectivity index (χ3n) is 5.12. The van der Waals surface area contributed by atoms with Gasteiger partial charge in [0.05, 0.1) is 4.92 Å². The number of benzene rings is 1. The molecule has 2 aliphatic heterocycles. The van der Waals surface area contributed by atoms with Crippen molar-refractivity contribution in [2.75, 3.05) is 26.2 Å². The number of rotatable bonds is 2. The molecule has 22 heavy (non-hydrogen) atoms. The van der Waals surface area contributed by atoms with Crippen molar-refractivity contribution in [3.8, 4) is 0 Å². The van der Waals surface area contributed by atoms with E-state index in [1.165, 1.54) is 6.07 Å². The Morgan fingerprint density at radius 1 is 1.32 bits per heavy atom. The lowest BCUT2D eigenvalue weighted by molar-refractivity contribution is -0.385. The van der Waals surface area contributed by atoms with Crippen LogP contribution in [0.15, 0.2) is 18.2 Å². The van der Waals surface area contributed by atoms with Crippen LogP contribution in [0.25, 0.3) is 0 Å². The Morgan fingerprint density at radius 3 is 2.73 bits per heavy atom. The van der Waals surface area contributed by atoms with Gasteiger partial charge in [0.1, 0.15) is 0 Å². The number of carbonyl (C=O) groups is 1. The van der Waals surface area contributed by atoms with Crippen molar-refractivity contribution in [2.45, 2.75) is 26.2 Å². The smallest absolute Gasteiger partial charge is 0.273 e. The Balaban J connectivity index is 1.80. The monoisotopic (exact) mass is 303 g/mol. The highest BCUT2D eigenvalue weighted by Crippen LogP contribution is 2.39. The molecule has 2 heterocycles. The van der Waals surface area contributed by atoms with Crippen LogP contribution in [-0.2, 0) is 0 Å². The Kier molecular flexibility index (Phi) is 3.87. The summed E-state index contributed by atoms with van der Waals surface area (Å²) in [6.45, 7) is 5.20. The van der Waals surface area contributed by atoms with E-state index < -0.39 is 4.92 Å². The number of nitro benzene ring substituents is 1. The largest absolute Gasteiger partial charge is 0.338 e. The average molecular weight is 303 g/mol. The Bertz CT molecular complexity index is 609. The van der Waals surface area contributed by atoms with Gasteiger partial charge in [-0.15, -0.1) is 0 Å². The van der Waals surface area contributed by atoms with Crippen molar-refractivity contribution in [3.05, 3.63) is 39.4 Å². The van der Waals surface area contributed by atoms with Gasteiger partial charge in [0.2, 0.25) is 0 Å². The minimum absolute atomic E-state index is 0.0154. The molecule has 2 aliphatic rings. The Hall–Kier alpha value is -1.95. The zero-order valence-corrected chi connectivity index (χ0v) is 12.8. The molecule has 1 amide bonds. The second-order valence-electron chi connectivity index (χ2n) is 6.43. The minimum atomic E-state index is -0.426. The van der Waals surface area contributed by atoms with Crippen LogP contribution < -0.4 is 5.32 Å². The number of hydrogen-bond acceptors (Lipinski definition) is 4. The molecule has 2 fully saturated rings. The molecule has 0 unspecified atom stereocenters. The molecular weight excluding hydrogens is 282 g/mol. The van der Waals surface area contributed by atoms with E-state index >= 15 is 0 Å². The lowest BCUT2D eigenvalue weighted by atomic mass is 9.78. The SMILES string of the molecule is Cc1c(C(=O)N2CCC3(CCNCC3)C2)cccc1[N+](=O)[O-]. The first-order valence-corrected chi connectivity index (χ1v) is 7.76. The summed E-state index contributed by atoms with van der Waals surface area (Å²) >= 11 is 0. The molecule has 0 atom stereocenters. The van der Waals surface area contributed by atoms with Gasteiger partial charge >= 0.3 is 0 Å². The van der Waals surface area contributed by atoms with E-state index in [4.69, 9.17) is 0 Å². The van der Waals surface area contributed by atoms with Crippen LogP contribution >= 0.6 is 0 Å².